The van der Waals surface area contributed by atoms with Gasteiger partial charge < -0.3 is 19.7 Å². The lowest BCUT2D eigenvalue weighted by Crippen LogP contribution is -2.42. The van der Waals surface area contributed by atoms with Gasteiger partial charge in [-0.2, -0.15) is 8.78 Å². The number of nitrogens with one attached hydrogen (secondary N) is 1. The van der Waals surface area contributed by atoms with Crippen LogP contribution in [0.15, 0.2) is 36.9 Å². The zero-order valence-electron chi connectivity index (χ0n) is 13.6. The monoisotopic (exact) mass is 340 g/mol. The van der Waals surface area contributed by atoms with E-state index in [1.807, 2.05) is 4.90 Å². The van der Waals surface area contributed by atoms with Crippen molar-refractivity contribution in [3.63, 3.8) is 0 Å². The first kappa shape index (κ1) is 18.2. The summed E-state index contributed by atoms with van der Waals surface area (Å²) in [4.78, 5) is 14.0. The Bertz CT molecular complexity index is 569. The summed E-state index contributed by atoms with van der Waals surface area (Å²) < 4.78 is 34.9. The van der Waals surface area contributed by atoms with Gasteiger partial charge in [-0.25, -0.2) is 0 Å². The number of anilines is 1. The zero-order valence-corrected chi connectivity index (χ0v) is 13.6. The summed E-state index contributed by atoms with van der Waals surface area (Å²) in [6.07, 6.45) is 1.75. The van der Waals surface area contributed by atoms with Gasteiger partial charge in [0.15, 0.2) is 0 Å². The lowest BCUT2D eigenvalue weighted by molar-refractivity contribution is -0.131. The number of hydrogen-bond acceptors (Lipinski definition) is 4. The van der Waals surface area contributed by atoms with Crippen LogP contribution in [-0.4, -0.2) is 44.4 Å². The third-order valence-corrected chi connectivity index (χ3v) is 3.79. The van der Waals surface area contributed by atoms with Gasteiger partial charge in [-0.05, 0) is 25.5 Å². The van der Waals surface area contributed by atoms with E-state index in [4.69, 9.17) is 4.74 Å². The Balaban J connectivity index is 1.93. The zero-order chi connectivity index (χ0) is 17.5. The number of hydrogen-bond donors (Lipinski definition) is 1. The van der Waals surface area contributed by atoms with Crippen molar-refractivity contribution in [2.75, 3.05) is 24.6 Å². The molecule has 5 nitrogen and oxygen atoms in total. The van der Waals surface area contributed by atoms with Gasteiger partial charge in [-0.3, -0.25) is 4.79 Å². The molecule has 24 heavy (non-hydrogen) atoms. The number of amides is 1. The SMILES string of the molecule is C=CCO[C@@H](C)C(=O)N[C@H]1CCN(c2ccccc2OC(F)F)C1. The molecule has 2 rings (SSSR count). The van der Waals surface area contributed by atoms with Crippen LogP contribution in [0.1, 0.15) is 13.3 Å². The Kier molecular flexibility index (Phi) is 6.54. The highest BCUT2D eigenvalue weighted by molar-refractivity contribution is 5.80. The largest absolute Gasteiger partial charge is 0.433 e. The van der Waals surface area contributed by atoms with Crippen LogP contribution in [0.2, 0.25) is 0 Å². The van der Waals surface area contributed by atoms with Gasteiger partial charge in [0.05, 0.1) is 12.3 Å². The van der Waals surface area contributed by atoms with Crippen LogP contribution < -0.4 is 15.0 Å². The predicted octanol–water partition coefficient (Wildman–Crippen LogP) is 2.57. The lowest BCUT2D eigenvalue weighted by Gasteiger charge is -2.22. The van der Waals surface area contributed by atoms with Crippen LogP contribution in [0.25, 0.3) is 0 Å². The van der Waals surface area contributed by atoms with E-state index in [0.717, 1.165) is 6.42 Å². The number of para-hydroxylation sites is 2. The maximum Gasteiger partial charge on any atom is 0.387 e. The topological polar surface area (TPSA) is 50.8 Å². The third kappa shape index (κ3) is 4.92. The highest BCUT2D eigenvalue weighted by atomic mass is 19.3. The Labute approximate surface area is 140 Å². The van der Waals surface area contributed by atoms with Crippen molar-refractivity contribution in [2.45, 2.75) is 32.1 Å². The minimum absolute atomic E-state index is 0.0631. The molecule has 1 N–H and O–H groups in total. The predicted molar refractivity (Wildman–Crippen MR) is 87.4 cm³/mol. The number of nitrogens with zero attached hydrogens (tertiary/aromatic N) is 1. The van der Waals surface area contributed by atoms with Crippen molar-refractivity contribution in [3.8, 4) is 5.75 Å². The smallest absolute Gasteiger partial charge is 0.387 e. The number of carbonyl (C=O) groups is 1. The maximum atomic E-state index is 12.5. The molecule has 0 aliphatic carbocycles. The number of carbonyl (C=O) groups excluding carboxylic acids is 1. The van der Waals surface area contributed by atoms with Crippen LogP contribution in [0.3, 0.4) is 0 Å². The highest BCUT2D eigenvalue weighted by Crippen LogP contribution is 2.31. The summed E-state index contributed by atoms with van der Waals surface area (Å²) in [6.45, 7) is 3.84. The molecule has 1 aliphatic rings. The number of benzene rings is 1. The normalized spacial score (nSPS) is 18.5. The van der Waals surface area contributed by atoms with E-state index in [1.54, 1.807) is 31.2 Å². The summed E-state index contributed by atoms with van der Waals surface area (Å²) in [6, 6.07) is 6.60. The van der Waals surface area contributed by atoms with Crippen molar-refractivity contribution in [3.05, 3.63) is 36.9 Å². The molecule has 1 amide bonds. The minimum Gasteiger partial charge on any atom is -0.433 e. The number of ether oxygens (including phenoxy) is 2. The van der Waals surface area contributed by atoms with Crippen molar-refractivity contribution in [2.24, 2.45) is 0 Å². The minimum atomic E-state index is -2.87. The van der Waals surface area contributed by atoms with Crippen LogP contribution in [0.5, 0.6) is 5.75 Å². The molecule has 0 saturated carbocycles. The van der Waals surface area contributed by atoms with E-state index in [1.165, 1.54) is 6.07 Å². The number of halogens is 2. The molecular weight excluding hydrogens is 318 g/mol. The standard InChI is InChI=1S/C17H22F2N2O3/c1-3-10-23-12(2)16(22)20-13-8-9-21(11-13)14-6-4-5-7-15(14)24-17(18)19/h3-7,12-13,17H,1,8-11H2,2H3,(H,20,22)/t12-,13-/m0/s1. The van der Waals surface area contributed by atoms with Crippen molar-refractivity contribution < 1.29 is 23.0 Å². The van der Waals surface area contributed by atoms with E-state index in [0.29, 0.717) is 25.4 Å². The van der Waals surface area contributed by atoms with Gasteiger partial charge >= 0.3 is 6.61 Å². The summed E-state index contributed by atoms with van der Waals surface area (Å²) in [7, 11) is 0. The van der Waals surface area contributed by atoms with Crippen LogP contribution >= 0.6 is 0 Å². The van der Waals surface area contributed by atoms with E-state index >= 15 is 0 Å². The van der Waals surface area contributed by atoms with Gasteiger partial charge in [0.2, 0.25) is 5.91 Å². The first-order chi connectivity index (χ1) is 11.5. The van der Waals surface area contributed by atoms with Crippen LogP contribution in [-0.2, 0) is 9.53 Å². The molecule has 1 aliphatic heterocycles. The average molecular weight is 340 g/mol. The Morgan fingerprint density at radius 1 is 1.50 bits per heavy atom. The van der Waals surface area contributed by atoms with Crippen molar-refractivity contribution in [1.82, 2.24) is 5.32 Å². The number of rotatable bonds is 8. The molecule has 7 heteroatoms. The second-order valence-corrected chi connectivity index (χ2v) is 5.55. The van der Waals surface area contributed by atoms with Gasteiger partial charge in [-0.15, -0.1) is 6.58 Å². The van der Waals surface area contributed by atoms with Gasteiger partial charge in [0.25, 0.3) is 0 Å². The molecule has 0 radical (unpaired) electrons. The van der Waals surface area contributed by atoms with E-state index < -0.39 is 12.7 Å². The second-order valence-electron chi connectivity index (χ2n) is 5.55. The molecule has 1 saturated heterocycles. The average Bonchev–Trinajstić information content (AvgIpc) is 3.00. The quantitative estimate of drug-likeness (QED) is 0.739. The third-order valence-electron chi connectivity index (χ3n) is 3.79. The van der Waals surface area contributed by atoms with E-state index in [2.05, 4.69) is 16.6 Å². The molecule has 2 atom stereocenters. The Morgan fingerprint density at radius 3 is 2.96 bits per heavy atom. The van der Waals surface area contributed by atoms with E-state index in [-0.39, 0.29) is 17.7 Å². The molecule has 0 aromatic heterocycles. The summed E-state index contributed by atoms with van der Waals surface area (Å²) in [5.41, 5.74) is 0.602. The van der Waals surface area contributed by atoms with E-state index in [9.17, 15) is 13.6 Å². The fourth-order valence-corrected chi connectivity index (χ4v) is 2.62. The molecule has 1 aromatic carbocycles. The van der Waals surface area contributed by atoms with Crippen LogP contribution in [0.4, 0.5) is 14.5 Å². The van der Waals surface area contributed by atoms with Gasteiger partial charge in [-0.1, -0.05) is 18.2 Å². The van der Waals surface area contributed by atoms with Crippen molar-refractivity contribution >= 4 is 11.6 Å². The molecule has 1 fully saturated rings. The summed E-state index contributed by atoms with van der Waals surface area (Å²) >= 11 is 0. The fourth-order valence-electron chi connectivity index (χ4n) is 2.62. The Morgan fingerprint density at radius 2 is 2.25 bits per heavy atom. The molecule has 1 heterocycles. The lowest BCUT2D eigenvalue weighted by atomic mass is 10.2. The molecule has 1 aromatic rings. The second kappa shape index (κ2) is 8.63. The summed E-state index contributed by atoms with van der Waals surface area (Å²) in [5.74, 6) is -0.0528. The van der Waals surface area contributed by atoms with Gasteiger partial charge in [0, 0.05) is 19.1 Å². The highest BCUT2D eigenvalue weighted by Gasteiger charge is 2.27. The summed E-state index contributed by atoms with van der Waals surface area (Å²) in [5, 5.41) is 2.92. The molecule has 0 spiro atoms. The maximum absolute atomic E-state index is 12.5. The first-order valence-corrected chi connectivity index (χ1v) is 7.83. The Hall–Kier alpha value is -2.15. The molecule has 132 valence electrons. The molecule has 0 bridgehead atoms. The molecule has 0 unspecified atom stereocenters. The fraction of sp³-hybridized carbons (Fsp3) is 0.471. The first-order valence-electron chi connectivity index (χ1n) is 7.83. The van der Waals surface area contributed by atoms with Gasteiger partial charge in [0.1, 0.15) is 11.9 Å². The van der Waals surface area contributed by atoms with Crippen LogP contribution in [0, 0.1) is 0 Å². The number of alkyl halides is 2. The molecular formula is C17H22F2N2O3. The van der Waals surface area contributed by atoms with Crippen molar-refractivity contribution in [1.29, 1.82) is 0 Å².